The van der Waals surface area contributed by atoms with Gasteiger partial charge in [-0.2, -0.15) is 0 Å². The second-order valence-corrected chi connectivity index (χ2v) is 4.34. The van der Waals surface area contributed by atoms with Crippen LogP contribution in [0.2, 0.25) is 0 Å². The fraction of sp³-hybridized carbons (Fsp3) is 0.273. The van der Waals surface area contributed by atoms with Gasteiger partial charge in [-0.05, 0) is 17.5 Å². The molecule has 2 aromatic rings. The number of nitrogens with two attached hydrogens (primary N) is 1. The Morgan fingerprint density at radius 2 is 2.40 bits per heavy atom. The number of thiophene rings is 1. The lowest BCUT2D eigenvalue weighted by atomic mass is 10.1. The van der Waals surface area contributed by atoms with E-state index >= 15 is 0 Å². The van der Waals surface area contributed by atoms with E-state index in [2.05, 4.69) is 22.8 Å². The van der Waals surface area contributed by atoms with Crippen molar-refractivity contribution in [1.82, 2.24) is 5.32 Å². The van der Waals surface area contributed by atoms with Crippen molar-refractivity contribution in [2.75, 3.05) is 6.54 Å². The van der Waals surface area contributed by atoms with E-state index < -0.39 is 0 Å². The Morgan fingerprint density at radius 1 is 1.47 bits per heavy atom. The first-order chi connectivity index (χ1) is 7.40. The highest BCUT2D eigenvalue weighted by Crippen LogP contribution is 2.14. The molecule has 0 aromatic carbocycles. The van der Waals surface area contributed by atoms with Crippen LogP contribution in [0.5, 0.6) is 0 Å². The van der Waals surface area contributed by atoms with Gasteiger partial charge in [0.15, 0.2) is 0 Å². The highest BCUT2D eigenvalue weighted by molar-refractivity contribution is 7.09. The zero-order valence-corrected chi connectivity index (χ0v) is 9.17. The first-order valence-electron chi connectivity index (χ1n) is 4.88. The third-order valence-corrected chi connectivity index (χ3v) is 3.16. The zero-order valence-electron chi connectivity index (χ0n) is 8.35. The SMILES string of the molecule is NCC(NCc1cccs1)c1ccoc1. The van der Waals surface area contributed by atoms with E-state index in [4.69, 9.17) is 10.2 Å². The van der Waals surface area contributed by atoms with Gasteiger partial charge in [0.2, 0.25) is 0 Å². The van der Waals surface area contributed by atoms with Gasteiger partial charge in [-0.1, -0.05) is 6.07 Å². The number of hydrogen-bond donors (Lipinski definition) is 2. The van der Waals surface area contributed by atoms with Crippen molar-refractivity contribution in [1.29, 1.82) is 0 Å². The molecule has 1 atom stereocenters. The lowest BCUT2D eigenvalue weighted by molar-refractivity contribution is 0.522. The normalized spacial score (nSPS) is 12.9. The topological polar surface area (TPSA) is 51.2 Å². The Hall–Kier alpha value is -1.10. The van der Waals surface area contributed by atoms with Crippen LogP contribution >= 0.6 is 11.3 Å². The number of nitrogens with one attached hydrogen (secondary N) is 1. The van der Waals surface area contributed by atoms with Crippen LogP contribution < -0.4 is 11.1 Å². The molecule has 80 valence electrons. The summed E-state index contributed by atoms with van der Waals surface area (Å²) in [6.45, 7) is 1.43. The van der Waals surface area contributed by atoms with Crippen molar-refractivity contribution in [3.8, 4) is 0 Å². The molecule has 3 N–H and O–H groups in total. The molecule has 1 unspecified atom stereocenters. The average Bonchev–Trinajstić information content (AvgIpc) is 2.90. The van der Waals surface area contributed by atoms with E-state index in [-0.39, 0.29) is 6.04 Å². The molecule has 0 spiro atoms. The van der Waals surface area contributed by atoms with E-state index in [0.717, 1.165) is 12.1 Å². The van der Waals surface area contributed by atoms with Crippen molar-refractivity contribution >= 4 is 11.3 Å². The van der Waals surface area contributed by atoms with Crippen molar-refractivity contribution in [3.63, 3.8) is 0 Å². The smallest absolute Gasteiger partial charge is 0.0950 e. The van der Waals surface area contributed by atoms with Crippen LogP contribution in [0.25, 0.3) is 0 Å². The molecule has 0 aliphatic heterocycles. The van der Waals surface area contributed by atoms with Gasteiger partial charge in [0.05, 0.1) is 12.5 Å². The van der Waals surface area contributed by atoms with Crippen molar-refractivity contribution in [2.24, 2.45) is 5.73 Å². The third kappa shape index (κ3) is 2.68. The number of rotatable bonds is 5. The molecule has 0 aliphatic carbocycles. The molecule has 15 heavy (non-hydrogen) atoms. The van der Waals surface area contributed by atoms with E-state index in [1.165, 1.54) is 4.88 Å². The van der Waals surface area contributed by atoms with E-state index in [0.29, 0.717) is 6.54 Å². The van der Waals surface area contributed by atoms with Gasteiger partial charge in [0, 0.05) is 29.6 Å². The Bertz CT molecular complexity index is 369. The quantitative estimate of drug-likeness (QED) is 0.814. The predicted molar refractivity (Wildman–Crippen MR) is 61.7 cm³/mol. The molecular weight excluding hydrogens is 208 g/mol. The van der Waals surface area contributed by atoms with Crippen molar-refractivity contribution in [3.05, 3.63) is 46.5 Å². The van der Waals surface area contributed by atoms with Crippen LogP contribution in [0.4, 0.5) is 0 Å². The lowest BCUT2D eigenvalue weighted by Gasteiger charge is -2.14. The molecule has 0 saturated heterocycles. The first-order valence-corrected chi connectivity index (χ1v) is 5.76. The van der Waals surface area contributed by atoms with Gasteiger partial charge in [-0.25, -0.2) is 0 Å². The minimum atomic E-state index is 0.172. The molecule has 0 amide bonds. The van der Waals surface area contributed by atoms with Crippen LogP contribution in [0.15, 0.2) is 40.5 Å². The summed E-state index contributed by atoms with van der Waals surface area (Å²) in [5.74, 6) is 0. The Balaban J connectivity index is 1.92. The van der Waals surface area contributed by atoms with Gasteiger partial charge in [-0.3, -0.25) is 0 Å². The summed E-state index contributed by atoms with van der Waals surface area (Å²) in [4.78, 5) is 1.32. The Labute approximate surface area is 92.9 Å². The maximum absolute atomic E-state index is 5.70. The Morgan fingerprint density at radius 3 is 3.00 bits per heavy atom. The molecule has 3 nitrogen and oxygen atoms in total. The van der Waals surface area contributed by atoms with Crippen molar-refractivity contribution in [2.45, 2.75) is 12.6 Å². The van der Waals surface area contributed by atoms with E-state index in [1.807, 2.05) is 6.07 Å². The van der Waals surface area contributed by atoms with Crippen LogP contribution in [-0.4, -0.2) is 6.54 Å². The summed E-state index contributed by atoms with van der Waals surface area (Å²) in [6.07, 6.45) is 3.41. The molecular formula is C11H14N2OS. The van der Waals surface area contributed by atoms with Crippen LogP contribution in [0.3, 0.4) is 0 Å². The summed E-state index contributed by atoms with van der Waals surface area (Å²) in [5.41, 5.74) is 6.81. The lowest BCUT2D eigenvalue weighted by Crippen LogP contribution is -2.27. The maximum Gasteiger partial charge on any atom is 0.0950 e. The standard InChI is InChI=1S/C11H14N2OS/c12-6-11(9-3-4-14-8-9)13-7-10-2-1-5-15-10/h1-5,8,11,13H,6-7,12H2. The van der Waals surface area contributed by atoms with Crippen LogP contribution in [0, 0.1) is 0 Å². The average molecular weight is 222 g/mol. The minimum Gasteiger partial charge on any atom is -0.472 e. The maximum atomic E-state index is 5.70. The number of hydrogen-bond acceptors (Lipinski definition) is 4. The molecule has 0 fully saturated rings. The highest BCUT2D eigenvalue weighted by Gasteiger charge is 2.09. The molecule has 0 bridgehead atoms. The molecule has 0 saturated carbocycles. The van der Waals surface area contributed by atoms with Crippen molar-refractivity contribution < 1.29 is 4.42 Å². The molecule has 2 aromatic heterocycles. The number of furan rings is 1. The van der Waals surface area contributed by atoms with Gasteiger partial charge in [0.25, 0.3) is 0 Å². The zero-order chi connectivity index (χ0) is 10.5. The highest BCUT2D eigenvalue weighted by atomic mass is 32.1. The van der Waals surface area contributed by atoms with Gasteiger partial charge >= 0.3 is 0 Å². The summed E-state index contributed by atoms with van der Waals surface area (Å²) in [5, 5.41) is 5.48. The molecule has 2 rings (SSSR count). The summed E-state index contributed by atoms with van der Waals surface area (Å²) >= 11 is 1.75. The fourth-order valence-electron chi connectivity index (χ4n) is 1.45. The third-order valence-electron chi connectivity index (χ3n) is 2.28. The van der Waals surface area contributed by atoms with Crippen LogP contribution in [-0.2, 0) is 6.54 Å². The van der Waals surface area contributed by atoms with Gasteiger partial charge in [0.1, 0.15) is 0 Å². The summed E-state index contributed by atoms with van der Waals surface area (Å²) < 4.78 is 5.04. The predicted octanol–water partition coefficient (Wildman–Crippen LogP) is 2.13. The summed E-state index contributed by atoms with van der Waals surface area (Å²) in [7, 11) is 0. The largest absolute Gasteiger partial charge is 0.472 e. The van der Waals surface area contributed by atoms with E-state index in [9.17, 15) is 0 Å². The molecule has 2 heterocycles. The molecule has 0 radical (unpaired) electrons. The first kappa shape index (κ1) is 10.4. The summed E-state index contributed by atoms with van der Waals surface area (Å²) in [6, 6.07) is 6.28. The molecule has 0 aliphatic rings. The van der Waals surface area contributed by atoms with Gasteiger partial charge < -0.3 is 15.5 Å². The Kier molecular flexibility index (Phi) is 3.55. The second kappa shape index (κ2) is 5.11. The monoisotopic (exact) mass is 222 g/mol. The van der Waals surface area contributed by atoms with Crippen LogP contribution in [0.1, 0.15) is 16.5 Å². The molecule has 4 heteroatoms. The van der Waals surface area contributed by atoms with Gasteiger partial charge in [-0.15, -0.1) is 11.3 Å². The fourth-order valence-corrected chi connectivity index (χ4v) is 2.10. The minimum absolute atomic E-state index is 0.172. The second-order valence-electron chi connectivity index (χ2n) is 3.31. The van der Waals surface area contributed by atoms with E-state index in [1.54, 1.807) is 23.9 Å².